The average molecular weight is 750 g/mol. The van der Waals surface area contributed by atoms with Crippen molar-refractivity contribution in [3.05, 3.63) is 87.5 Å². The number of likely N-dealkylation sites (N-methyl/N-ethyl adjacent to an activating group) is 1. The second-order valence-corrected chi connectivity index (χ2v) is 13.9. The first-order chi connectivity index (χ1) is 25.2. The summed E-state index contributed by atoms with van der Waals surface area (Å²) in [6, 6.07) is 4.81. The van der Waals surface area contributed by atoms with Gasteiger partial charge in [-0.15, -0.1) is 0 Å². The lowest BCUT2D eigenvalue weighted by atomic mass is 9.99. The molecule has 1 aromatic carbocycles. The summed E-state index contributed by atoms with van der Waals surface area (Å²) < 4.78 is 26.3. The number of benzene rings is 1. The number of thioether (sulfide) groups is 1. The van der Waals surface area contributed by atoms with E-state index in [1.807, 2.05) is 33.0 Å². The Morgan fingerprint density at radius 1 is 1.25 bits per heavy atom. The fourth-order valence-electron chi connectivity index (χ4n) is 4.66. The summed E-state index contributed by atoms with van der Waals surface area (Å²) >= 11 is 1.40. The second-order valence-electron chi connectivity index (χ2n) is 12.6. The molecule has 11 nitrogen and oxygen atoms in total. The van der Waals surface area contributed by atoms with Gasteiger partial charge < -0.3 is 36.2 Å². The van der Waals surface area contributed by atoms with E-state index in [0.29, 0.717) is 39.8 Å². The number of aliphatic imine (C=N–C) groups is 1. The van der Waals surface area contributed by atoms with Gasteiger partial charge in [0.05, 0.1) is 37.4 Å². The summed E-state index contributed by atoms with van der Waals surface area (Å²) in [5.41, 5.74) is 9.85. The molecule has 0 aliphatic heterocycles. The van der Waals surface area contributed by atoms with Gasteiger partial charge in [0.15, 0.2) is 11.5 Å². The number of allylic oxidation sites excluding steroid dienone is 3. The Hall–Kier alpha value is -4.75. The van der Waals surface area contributed by atoms with Gasteiger partial charge in [-0.3, -0.25) is 9.59 Å². The number of nitrogens with zero attached hydrogens (tertiary/aromatic N) is 3. The van der Waals surface area contributed by atoms with Gasteiger partial charge in [0.25, 0.3) is 11.8 Å². The molecule has 2 aliphatic carbocycles. The minimum absolute atomic E-state index is 0.0155. The van der Waals surface area contributed by atoms with Crippen LogP contribution in [0.3, 0.4) is 0 Å². The van der Waals surface area contributed by atoms with Crippen molar-refractivity contribution in [1.29, 1.82) is 5.41 Å². The quantitative estimate of drug-likeness (QED) is 0.105. The molecular formula is C40H56FN7O4S. The lowest BCUT2D eigenvalue weighted by Gasteiger charge is -2.20. The van der Waals surface area contributed by atoms with Crippen LogP contribution in [0.4, 0.5) is 10.1 Å². The predicted octanol–water partition coefficient (Wildman–Crippen LogP) is 8.00. The van der Waals surface area contributed by atoms with Crippen LogP contribution in [0.1, 0.15) is 75.9 Å². The summed E-state index contributed by atoms with van der Waals surface area (Å²) in [4.78, 5) is 36.3. The summed E-state index contributed by atoms with van der Waals surface area (Å²) in [5, 5.41) is 14.3. The molecule has 0 radical (unpaired) electrons. The van der Waals surface area contributed by atoms with Crippen molar-refractivity contribution in [2.75, 3.05) is 46.8 Å². The minimum Gasteiger partial charge on any atom is -0.494 e. The minimum atomic E-state index is -0.786. The van der Waals surface area contributed by atoms with E-state index in [4.69, 9.17) is 20.6 Å². The molecule has 13 heteroatoms. The summed E-state index contributed by atoms with van der Waals surface area (Å²) in [6.45, 7) is 14.2. The number of carbonyl (C=O) groups is 2. The largest absolute Gasteiger partial charge is 0.494 e. The van der Waals surface area contributed by atoms with E-state index in [2.05, 4.69) is 47.2 Å². The first-order valence-electron chi connectivity index (χ1n) is 17.6. The number of halogens is 1. The normalized spacial score (nSPS) is 13.8. The zero-order valence-corrected chi connectivity index (χ0v) is 33.4. The lowest BCUT2D eigenvalue weighted by Crippen LogP contribution is -2.29. The number of nitrogens with two attached hydrogens (primary N) is 1. The number of amides is 2. The number of ether oxygens (including phenoxy) is 2. The van der Waals surface area contributed by atoms with Crippen LogP contribution in [-0.4, -0.2) is 74.7 Å². The van der Waals surface area contributed by atoms with E-state index in [1.165, 1.54) is 61.4 Å². The van der Waals surface area contributed by atoms with Crippen LogP contribution in [0.2, 0.25) is 0 Å². The predicted molar refractivity (Wildman–Crippen MR) is 217 cm³/mol. The van der Waals surface area contributed by atoms with Crippen molar-refractivity contribution in [1.82, 2.24) is 15.2 Å². The molecule has 0 bridgehead atoms. The number of rotatable bonds is 15. The Labute approximate surface area is 318 Å². The Morgan fingerprint density at radius 3 is 2.40 bits per heavy atom. The van der Waals surface area contributed by atoms with E-state index < -0.39 is 11.7 Å². The molecule has 0 saturated heterocycles. The van der Waals surface area contributed by atoms with Crippen LogP contribution >= 0.6 is 11.8 Å². The topological polar surface area (TPSA) is 155 Å². The van der Waals surface area contributed by atoms with E-state index in [0.717, 1.165) is 23.3 Å². The molecule has 288 valence electrons. The van der Waals surface area contributed by atoms with E-state index in [1.54, 1.807) is 32.7 Å². The molecule has 2 amide bonds. The van der Waals surface area contributed by atoms with Crippen molar-refractivity contribution in [2.45, 2.75) is 66.7 Å². The van der Waals surface area contributed by atoms with Crippen molar-refractivity contribution in [3.63, 3.8) is 0 Å². The smallest absolute Gasteiger partial charge is 0.275 e. The molecule has 2 fully saturated rings. The molecule has 0 spiro atoms. The second kappa shape index (κ2) is 22.3. The number of anilines is 1. The molecule has 4 rings (SSSR count). The Balaban J connectivity index is 0.000000950. The maximum Gasteiger partial charge on any atom is 0.275 e. The summed E-state index contributed by atoms with van der Waals surface area (Å²) in [5.74, 6) is -1.37. The van der Waals surface area contributed by atoms with Gasteiger partial charge in [-0.25, -0.2) is 9.37 Å². The van der Waals surface area contributed by atoms with Crippen molar-refractivity contribution < 1.29 is 23.5 Å². The van der Waals surface area contributed by atoms with Gasteiger partial charge in [0.2, 0.25) is 0 Å². The maximum absolute atomic E-state index is 15.4. The number of amidine groups is 1. The summed E-state index contributed by atoms with van der Waals surface area (Å²) in [6.07, 6.45) is 12.3. The molecule has 2 aromatic rings. The van der Waals surface area contributed by atoms with Crippen molar-refractivity contribution in [2.24, 2.45) is 16.6 Å². The van der Waals surface area contributed by atoms with Crippen LogP contribution in [0.5, 0.6) is 5.75 Å². The van der Waals surface area contributed by atoms with Gasteiger partial charge in [0.1, 0.15) is 11.6 Å². The molecule has 53 heavy (non-hydrogen) atoms. The van der Waals surface area contributed by atoms with Crippen LogP contribution in [0.25, 0.3) is 11.1 Å². The van der Waals surface area contributed by atoms with Gasteiger partial charge >= 0.3 is 0 Å². The van der Waals surface area contributed by atoms with E-state index in [-0.39, 0.29) is 35.6 Å². The number of aryl methyl sites for hydroxylation is 1. The van der Waals surface area contributed by atoms with E-state index >= 15 is 4.39 Å². The van der Waals surface area contributed by atoms with Crippen LogP contribution in [0, 0.1) is 24.1 Å². The SMILES string of the molecule is C=C(CN(C)C(=O)c1ncc(-c2c(C)ccc(N/C(=C/C(N)=NC(=O)C3CC3)C(C)=N)c2OC)cc1F)S/C(=C\C)COC.CCC.CNC=C1CC1. The van der Waals surface area contributed by atoms with E-state index in [9.17, 15) is 9.59 Å². The lowest BCUT2D eigenvalue weighted by molar-refractivity contribution is -0.118. The number of nitrogens with one attached hydrogen (secondary N) is 3. The number of pyridine rings is 1. The maximum atomic E-state index is 15.4. The number of methoxy groups -OCH3 is 2. The van der Waals surface area contributed by atoms with Crippen LogP contribution < -0.4 is 21.1 Å². The Bertz CT molecular complexity index is 1740. The molecule has 1 heterocycles. The number of hydrogen-bond acceptors (Lipinski definition) is 9. The van der Waals surface area contributed by atoms with Gasteiger partial charge in [-0.2, -0.15) is 4.99 Å². The van der Waals surface area contributed by atoms with Crippen molar-refractivity contribution in [3.8, 4) is 16.9 Å². The molecule has 1 aromatic heterocycles. The van der Waals surface area contributed by atoms with Gasteiger partial charge in [-0.1, -0.05) is 56.3 Å². The number of hydrogen-bond donors (Lipinski definition) is 4. The average Bonchev–Trinajstić information content (AvgIpc) is 4.04. The number of aromatic nitrogens is 1. The summed E-state index contributed by atoms with van der Waals surface area (Å²) in [7, 11) is 6.57. The molecule has 2 saturated carbocycles. The third-order valence-corrected chi connectivity index (χ3v) is 8.60. The highest BCUT2D eigenvalue weighted by Gasteiger charge is 2.29. The Kier molecular flexibility index (Phi) is 18.7. The zero-order chi connectivity index (χ0) is 39.7. The molecule has 0 unspecified atom stereocenters. The fraction of sp³-hybridized carbons (Fsp3) is 0.425. The zero-order valence-electron chi connectivity index (χ0n) is 32.6. The molecular weight excluding hydrogens is 694 g/mol. The monoisotopic (exact) mass is 749 g/mol. The highest BCUT2D eigenvalue weighted by atomic mass is 32.2. The third kappa shape index (κ3) is 14.7. The highest BCUT2D eigenvalue weighted by Crippen LogP contribution is 2.40. The fourth-order valence-corrected chi connectivity index (χ4v) is 5.59. The number of carbonyl (C=O) groups excluding carboxylic acids is 2. The molecule has 2 aliphatic rings. The van der Waals surface area contributed by atoms with Crippen molar-refractivity contribution >= 4 is 40.8 Å². The standard InChI is InChI=1S/C32H39FN6O4S.C5H9N.C3H8/c1-8-23(17-42-6)44-19(3)16-39(5)32(41)29-24(33)13-22(15-36-29)28-18(2)9-12-25(30(28)43-7)37-26(20(4)34)14-27(35)38-31(40)21-10-11-21;1-6-4-5-2-3-5;1-3-2/h8-9,12-15,21,34,37H,3,10-11,16-17H2,1-2,4-7H3,(H2,35,38,40);4,6H,2-3H2,1H3;3H2,1-2H3/b23-8-,26-14+,34-20?;;. The first-order valence-corrected chi connectivity index (χ1v) is 18.4. The van der Waals surface area contributed by atoms with Crippen LogP contribution in [-0.2, 0) is 9.53 Å². The molecule has 0 atom stereocenters. The Morgan fingerprint density at radius 2 is 1.91 bits per heavy atom. The highest BCUT2D eigenvalue weighted by molar-refractivity contribution is 8.06. The van der Waals surface area contributed by atoms with Gasteiger partial charge in [0, 0.05) is 60.3 Å². The third-order valence-electron chi connectivity index (χ3n) is 7.57. The van der Waals surface area contributed by atoms with Gasteiger partial charge in [-0.05, 0) is 70.4 Å². The van der Waals surface area contributed by atoms with Crippen LogP contribution in [0.15, 0.2) is 75.4 Å². The molecule has 5 N–H and O–H groups in total. The first kappa shape index (κ1) is 44.4.